The lowest BCUT2D eigenvalue weighted by Gasteiger charge is -2.15. The second-order valence-electron chi connectivity index (χ2n) is 6.16. The molecule has 0 unspecified atom stereocenters. The van der Waals surface area contributed by atoms with Gasteiger partial charge in [-0.05, 0) is 5.56 Å². The van der Waals surface area contributed by atoms with E-state index in [2.05, 4.69) is 10.4 Å². The minimum atomic E-state index is -1.03. The van der Waals surface area contributed by atoms with Crippen molar-refractivity contribution in [2.45, 2.75) is 6.42 Å². The molecule has 3 rings (SSSR count). The number of benzene rings is 2. The third-order valence-electron chi connectivity index (χ3n) is 4.21. The van der Waals surface area contributed by atoms with E-state index in [9.17, 15) is 14.4 Å². The van der Waals surface area contributed by atoms with Crippen LogP contribution in [0.15, 0.2) is 65.5 Å². The van der Waals surface area contributed by atoms with E-state index in [1.165, 1.54) is 7.05 Å². The van der Waals surface area contributed by atoms with Crippen molar-refractivity contribution in [2.75, 3.05) is 6.54 Å². The first kappa shape index (κ1) is 19.0. The van der Waals surface area contributed by atoms with Crippen molar-refractivity contribution in [2.24, 2.45) is 7.05 Å². The summed E-state index contributed by atoms with van der Waals surface area (Å²) in [5.41, 5.74) is 1.74. The van der Waals surface area contributed by atoms with Crippen LogP contribution in [0.5, 0.6) is 0 Å². The number of carbonyl (C=O) groups is 2. The van der Waals surface area contributed by atoms with E-state index in [1.807, 2.05) is 48.5 Å². The first-order chi connectivity index (χ1) is 13.5. The van der Waals surface area contributed by atoms with Gasteiger partial charge in [0, 0.05) is 24.7 Å². The number of amides is 1. The van der Waals surface area contributed by atoms with Gasteiger partial charge in [0.05, 0.1) is 12.1 Å². The number of carboxylic acid groups (broad SMARTS) is 1. The molecular formula is C21H19N3O4. The molecule has 3 aromatic rings. The van der Waals surface area contributed by atoms with Crippen molar-refractivity contribution < 1.29 is 14.7 Å². The van der Waals surface area contributed by atoms with Crippen LogP contribution in [-0.4, -0.2) is 33.3 Å². The number of nitrogens with zero attached hydrogens (tertiary/aromatic N) is 2. The summed E-state index contributed by atoms with van der Waals surface area (Å²) < 4.78 is 1.13. The van der Waals surface area contributed by atoms with Crippen LogP contribution in [0.1, 0.15) is 16.8 Å². The molecule has 0 spiro atoms. The molecule has 142 valence electrons. The Morgan fingerprint density at radius 2 is 1.57 bits per heavy atom. The minimum Gasteiger partial charge on any atom is -0.481 e. The zero-order valence-electron chi connectivity index (χ0n) is 15.3. The van der Waals surface area contributed by atoms with Gasteiger partial charge >= 0.3 is 5.97 Å². The molecule has 0 aliphatic heterocycles. The molecule has 28 heavy (non-hydrogen) atoms. The maximum atomic E-state index is 12.8. The molecule has 0 saturated carbocycles. The zero-order chi connectivity index (χ0) is 20.1. The third kappa shape index (κ3) is 3.98. The average Bonchev–Trinajstić information content (AvgIpc) is 2.70. The van der Waals surface area contributed by atoms with Gasteiger partial charge in [0.25, 0.3) is 11.5 Å². The van der Waals surface area contributed by atoms with Crippen LogP contribution in [0.4, 0.5) is 0 Å². The van der Waals surface area contributed by atoms with Crippen molar-refractivity contribution in [3.63, 3.8) is 0 Å². The normalized spacial score (nSPS) is 10.5. The summed E-state index contributed by atoms with van der Waals surface area (Å²) in [5.74, 6) is -1.66. The number of carboxylic acids is 1. The Balaban J connectivity index is 2.22. The number of nitrogens with one attached hydrogen (secondary N) is 1. The lowest BCUT2D eigenvalue weighted by molar-refractivity contribution is -0.136. The summed E-state index contributed by atoms with van der Waals surface area (Å²) in [4.78, 5) is 36.4. The fourth-order valence-electron chi connectivity index (χ4n) is 2.90. The Bertz CT molecular complexity index is 1060. The van der Waals surface area contributed by atoms with Crippen molar-refractivity contribution >= 4 is 11.9 Å². The average molecular weight is 377 g/mol. The summed E-state index contributed by atoms with van der Waals surface area (Å²) in [5, 5.41) is 15.7. The van der Waals surface area contributed by atoms with Gasteiger partial charge in [-0.2, -0.15) is 5.10 Å². The van der Waals surface area contributed by atoms with Crippen molar-refractivity contribution in [1.29, 1.82) is 0 Å². The van der Waals surface area contributed by atoms with E-state index < -0.39 is 17.4 Å². The second-order valence-corrected chi connectivity index (χ2v) is 6.16. The van der Waals surface area contributed by atoms with Crippen LogP contribution in [0.3, 0.4) is 0 Å². The van der Waals surface area contributed by atoms with Crippen LogP contribution >= 0.6 is 0 Å². The van der Waals surface area contributed by atoms with E-state index in [0.717, 1.165) is 10.2 Å². The number of hydrogen-bond donors (Lipinski definition) is 2. The van der Waals surface area contributed by atoms with Gasteiger partial charge in [-0.3, -0.25) is 14.4 Å². The van der Waals surface area contributed by atoms with Gasteiger partial charge in [-0.1, -0.05) is 60.7 Å². The molecule has 2 N–H and O–H groups in total. The van der Waals surface area contributed by atoms with Crippen molar-refractivity contribution in [1.82, 2.24) is 15.1 Å². The summed E-state index contributed by atoms with van der Waals surface area (Å²) in [6.45, 7) is -0.0749. The smallest absolute Gasteiger partial charge is 0.305 e. The Kier molecular flexibility index (Phi) is 5.64. The molecule has 0 radical (unpaired) electrons. The van der Waals surface area contributed by atoms with E-state index >= 15 is 0 Å². The molecule has 1 aromatic heterocycles. The van der Waals surface area contributed by atoms with E-state index in [0.29, 0.717) is 16.8 Å². The van der Waals surface area contributed by atoms with Gasteiger partial charge in [-0.25, -0.2) is 4.68 Å². The molecule has 1 heterocycles. The second kappa shape index (κ2) is 8.30. The highest BCUT2D eigenvalue weighted by Crippen LogP contribution is 2.31. The Morgan fingerprint density at radius 1 is 1.00 bits per heavy atom. The van der Waals surface area contributed by atoms with Gasteiger partial charge in [0.2, 0.25) is 0 Å². The predicted octanol–water partition coefficient (Wildman–Crippen LogP) is 2.32. The lowest BCUT2D eigenvalue weighted by Crippen LogP contribution is -2.35. The summed E-state index contributed by atoms with van der Waals surface area (Å²) >= 11 is 0. The van der Waals surface area contributed by atoms with E-state index in [1.54, 1.807) is 12.1 Å². The van der Waals surface area contributed by atoms with Crippen LogP contribution in [0.25, 0.3) is 22.4 Å². The third-order valence-corrected chi connectivity index (χ3v) is 4.21. The molecule has 2 aromatic carbocycles. The first-order valence-corrected chi connectivity index (χ1v) is 8.71. The molecule has 0 bridgehead atoms. The molecule has 0 aliphatic carbocycles. The fraction of sp³-hybridized carbons (Fsp3) is 0.143. The standard InChI is InChI=1S/C21H19N3O4/c1-24-21(28)18(20(27)22-13-12-16(25)26)17(14-8-4-2-5-9-14)19(23-24)15-10-6-3-7-11-15/h2-11H,12-13H2,1H3,(H,22,27)(H,25,26). The highest BCUT2D eigenvalue weighted by molar-refractivity contribution is 6.03. The number of aryl methyl sites for hydroxylation is 1. The topological polar surface area (TPSA) is 101 Å². The highest BCUT2D eigenvalue weighted by atomic mass is 16.4. The number of hydrogen-bond acceptors (Lipinski definition) is 4. The quantitative estimate of drug-likeness (QED) is 0.686. The highest BCUT2D eigenvalue weighted by Gasteiger charge is 2.24. The lowest BCUT2D eigenvalue weighted by atomic mass is 9.95. The minimum absolute atomic E-state index is 0.0621. The maximum absolute atomic E-state index is 12.8. The Morgan fingerprint density at radius 3 is 2.14 bits per heavy atom. The first-order valence-electron chi connectivity index (χ1n) is 8.71. The molecule has 1 amide bonds. The van der Waals surface area contributed by atoms with Crippen LogP contribution in [0, 0.1) is 0 Å². The summed E-state index contributed by atoms with van der Waals surface area (Å²) in [7, 11) is 1.48. The van der Waals surface area contributed by atoms with Gasteiger partial charge in [-0.15, -0.1) is 0 Å². The Hall–Kier alpha value is -3.74. The number of carbonyl (C=O) groups excluding carboxylic acids is 1. The van der Waals surface area contributed by atoms with Gasteiger partial charge in [0.1, 0.15) is 5.56 Å². The number of aliphatic carboxylic acids is 1. The van der Waals surface area contributed by atoms with Gasteiger partial charge in [0.15, 0.2) is 0 Å². The zero-order valence-corrected chi connectivity index (χ0v) is 15.3. The van der Waals surface area contributed by atoms with Crippen LogP contribution in [0.2, 0.25) is 0 Å². The SMILES string of the molecule is Cn1nc(-c2ccccc2)c(-c2ccccc2)c(C(=O)NCCC(=O)O)c1=O. The van der Waals surface area contributed by atoms with Gasteiger partial charge < -0.3 is 10.4 Å². The van der Waals surface area contributed by atoms with Crippen LogP contribution in [-0.2, 0) is 11.8 Å². The molecular weight excluding hydrogens is 358 g/mol. The monoisotopic (exact) mass is 377 g/mol. The van der Waals surface area contributed by atoms with E-state index in [-0.39, 0.29) is 18.5 Å². The fourth-order valence-corrected chi connectivity index (χ4v) is 2.90. The summed E-state index contributed by atoms with van der Waals surface area (Å²) in [6, 6.07) is 18.3. The molecule has 0 aliphatic rings. The van der Waals surface area contributed by atoms with Crippen LogP contribution < -0.4 is 10.9 Å². The summed E-state index contributed by atoms with van der Waals surface area (Å²) in [6.07, 6.45) is -0.233. The molecule has 7 heteroatoms. The predicted molar refractivity (Wildman–Crippen MR) is 105 cm³/mol. The number of rotatable bonds is 6. The molecule has 0 atom stereocenters. The Labute approximate surface area is 161 Å². The van der Waals surface area contributed by atoms with Crippen molar-refractivity contribution in [3.8, 4) is 22.4 Å². The largest absolute Gasteiger partial charge is 0.481 e. The molecule has 0 saturated heterocycles. The van der Waals surface area contributed by atoms with Crippen molar-refractivity contribution in [3.05, 3.63) is 76.6 Å². The number of aromatic nitrogens is 2. The van der Waals surface area contributed by atoms with E-state index in [4.69, 9.17) is 5.11 Å². The maximum Gasteiger partial charge on any atom is 0.305 e. The molecule has 7 nitrogen and oxygen atoms in total. The molecule has 0 fully saturated rings.